The number of hydrogen-bond acceptors (Lipinski definition) is 4. The van der Waals surface area contributed by atoms with Crippen molar-refractivity contribution in [1.82, 2.24) is 9.78 Å². The van der Waals surface area contributed by atoms with Gasteiger partial charge in [-0.15, -0.1) is 0 Å². The van der Waals surface area contributed by atoms with Crippen LogP contribution in [0.4, 0.5) is 0 Å². The summed E-state index contributed by atoms with van der Waals surface area (Å²) in [4.78, 5) is 22.3. The molecule has 1 aromatic heterocycles. The van der Waals surface area contributed by atoms with Crippen LogP contribution in [0.2, 0.25) is 5.02 Å². The second-order valence-corrected chi connectivity index (χ2v) is 6.72. The van der Waals surface area contributed by atoms with Crippen LogP contribution >= 0.6 is 11.6 Å². The number of Topliss-reactive ketones (excluding diaryl/α,β-unsaturated/α-hetero) is 1. The summed E-state index contributed by atoms with van der Waals surface area (Å²) in [6, 6.07) is 7.75. The van der Waals surface area contributed by atoms with Crippen molar-refractivity contribution in [1.29, 1.82) is 0 Å². The molecule has 0 aliphatic heterocycles. The number of aryl methyl sites for hydroxylation is 1. The molecule has 0 radical (unpaired) electrons. The third-order valence-electron chi connectivity index (χ3n) is 3.30. The SMILES string of the molecule is C.CC(C)(C)n1ncc(O)c(Cl)c1=O.CCc1ccc(C(C)=O)cc1. The Morgan fingerprint density at radius 2 is 1.76 bits per heavy atom. The number of hydrogen-bond donors (Lipinski definition) is 1. The smallest absolute Gasteiger partial charge is 0.289 e. The van der Waals surface area contributed by atoms with E-state index in [4.69, 9.17) is 16.7 Å². The van der Waals surface area contributed by atoms with Crippen LogP contribution in [0.5, 0.6) is 5.75 Å². The molecule has 1 N–H and O–H groups in total. The van der Waals surface area contributed by atoms with E-state index in [-0.39, 0.29) is 24.0 Å². The minimum Gasteiger partial charge on any atom is -0.505 e. The van der Waals surface area contributed by atoms with Gasteiger partial charge in [0, 0.05) is 5.56 Å². The fourth-order valence-electron chi connectivity index (χ4n) is 1.88. The van der Waals surface area contributed by atoms with E-state index >= 15 is 0 Å². The topological polar surface area (TPSA) is 72.2 Å². The highest BCUT2D eigenvalue weighted by molar-refractivity contribution is 6.31. The standard InChI is InChI=1S/C10H12O.C8H11ClN2O2.CH4/c1-3-9-4-6-10(7-5-9)8(2)11;1-8(2,3)11-7(13)6(9)5(12)4-10-11;/h4-7H,3H2,1-2H3;4,12H,1-3H3;1H4. The highest BCUT2D eigenvalue weighted by atomic mass is 35.5. The first-order chi connectivity index (χ1) is 11.1. The molecule has 0 bridgehead atoms. The molecule has 2 aromatic rings. The summed E-state index contributed by atoms with van der Waals surface area (Å²) in [6.07, 6.45) is 2.19. The third kappa shape index (κ3) is 6.35. The molecule has 1 heterocycles. The van der Waals surface area contributed by atoms with Crippen molar-refractivity contribution in [3.05, 3.63) is 57.0 Å². The second-order valence-electron chi connectivity index (χ2n) is 6.34. The number of halogens is 1. The quantitative estimate of drug-likeness (QED) is 0.797. The first kappa shape index (κ1) is 22.9. The van der Waals surface area contributed by atoms with Gasteiger partial charge in [0.25, 0.3) is 5.56 Å². The lowest BCUT2D eigenvalue weighted by molar-refractivity contribution is 0.101. The van der Waals surface area contributed by atoms with Gasteiger partial charge in [-0.25, -0.2) is 4.68 Å². The molecule has 138 valence electrons. The van der Waals surface area contributed by atoms with Crippen LogP contribution in [0, 0.1) is 0 Å². The summed E-state index contributed by atoms with van der Waals surface area (Å²) in [5.41, 5.74) is 1.15. The molecule has 25 heavy (non-hydrogen) atoms. The monoisotopic (exact) mass is 366 g/mol. The zero-order valence-electron chi connectivity index (χ0n) is 14.6. The molecule has 1 aromatic carbocycles. The molecule has 0 aliphatic rings. The van der Waals surface area contributed by atoms with Crippen molar-refractivity contribution in [2.45, 2.75) is 54.0 Å². The first-order valence-electron chi connectivity index (χ1n) is 7.65. The fourth-order valence-corrected chi connectivity index (χ4v) is 2.01. The van der Waals surface area contributed by atoms with Gasteiger partial charge in [0.15, 0.2) is 16.6 Å². The van der Waals surface area contributed by atoms with Crippen molar-refractivity contribution in [3.8, 4) is 5.75 Å². The number of aromatic hydroxyl groups is 1. The van der Waals surface area contributed by atoms with Gasteiger partial charge < -0.3 is 5.11 Å². The fraction of sp³-hybridized carbons (Fsp3) is 0.421. The Kier molecular flexibility index (Phi) is 8.57. The molecular formula is C19H27ClN2O3. The average molecular weight is 367 g/mol. The Bertz CT molecular complexity index is 760. The molecule has 0 saturated carbocycles. The lowest BCUT2D eigenvalue weighted by Gasteiger charge is -2.20. The van der Waals surface area contributed by atoms with Crippen LogP contribution in [0.15, 0.2) is 35.3 Å². The summed E-state index contributed by atoms with van der Waals surface area (Å²) < 4.78 is 1.23. The Balaban J connectivity index is 0.000000449. The predicted molar refractivity (Wildman–Crippen MR) is 103 cm³/mol. The van der Waals surface area contributed by atoms with Gasteiger partial charge in [-0.2, -0.15) is 5.10 Å². The van der Waals surface area contributed by atoms with Crippen LogP contribution in [-0.4, -0.2) is 20.7 Å². The lowest BCUT2D eigenvalue weighted by Crippen LogP contribution is -2.35. The van der Waals surface area contributed by atoms with Gasteiger partial charge in [-0.05, 0) is 39.7 Å². The number of rotatable bonds is 2. The number of aromatic nitrogens is 2. The maximum Gasteiger partial charge on any atom is 0.289 e. The molecule has 0 fully saturated rings. The van der Waals surface area contributed by atoms with Gasteiger partial charge in [0.05, 0.1) is 11.7 Å². The molecule has 0 atom stereocenters. The maximum absolute atomic E-state index is 11.4. The maximum atomic E-state index is 11.4. The van der Waals surface area contributed by atoms with Crippen LogP contribution in [0.25, 0.3) is 0 Å². The van der Waals surface area contributed by atoms with E-state index in [9.17, 15) is 9.59 Å². The van der Waals surface area contributed by atoms with Crippen LogP contribution in [0.3, 0.4) is 0 Å². The Morgan fingerprint density at radius 3 is 2.16 bits per heavy atom. The van der Waals surface area contributed by atoms with E-state index in [0.717, 1.165) is 18.2 Å². The van der Waals surface area contributed by atoms with E-state index in [1.807, 2.05) is 45.0 Å². The summed E-state index contributed by atoms with van der Waals surface area (Å²) >= 11 is 5.57. The minimum absolute atomic E-state index is 0. The molecule has 5 nitrogen and oxygen atoms in total. The Labute approximate surface area is 154 Å². The molecule has 0 saturated heterocycles. The van der Waals surface area contributed by atoms with Crippen LogP contribution < -0.4 is 5.56 Å². The number of benzene rings is 1. The molecule has 0 aliphatic carbocycles. The van der Waals surface area contributed by atoms with Crippen molar-refractivity contribution in [2.24, 2.45) is 0 Å². The van der Waals surface area contributed by atoms with Crippen molar-refractivity contribution >= 4 is 17.4 Å². The molecule has 2 rings (SSSR count). The van der Waals surface area contributed by atoms with Crippen LogP contribution in [0.1, 0.15) is 58.0 Å². The molecule has 0 amide bonds. The number of nitrogens with zero attached hydrogens (tertiary/aromatic N) is 2. The van der Waals surface area contributed by atoms with Crippen LogP contribution in [-0.2, 0) is 12.0 Å². The van der Waals surface area contributed by atoms with Gasteiger partial charge in [0.1, 0.15) is 0 Å². The second kappa shape index (κ2) is 9.37. The van der Waals surface area contributed by atoms with E-state index in [2.05, 4.69) is 12.0 Å². The highest BCUT2D eigenvalue weighted by Crippen LogP contribution is 2.18. The first-order valence-corrected chi connectivity index (χ1v) is 8.02. The molecule has 0 unspecified atom stereocenters. The van der Waals surface area contributed by atoms with E-state index in [1.54, 1.807) is 6.92 Å². The Hall–Kier alpha value is -2.14. The van der Waals surface area contributed by atoms with Crippen molar-refractivity contribution in [2.75, 3.05) is 0 Å². The lowest BCUT2D eigenvalue weighted by atomic mass is 10.1. The number of ketones is 1. The average Bonchev–Trinajstić information content (AvgIpc) is 2.52. The summed E-state index contributed by atoms with van der Waals surface area (Å²) in [5, 5.41) is 12.7. The summed E-state index contributed by atoms with van der Waals surface area (Å²) in [6.45, 7) is 9.17. The number of carbonyl (C=O) groups is 1. The van der Waals surface area contributed by atoms with Gasteiger partial charge >= 0.3 is 0 Å². The van der Waals surface area contributed by atoms with Gasteiger partial charge in [0.2, 0.25) is 0 Å². The van der Waals surface area contributed by atoms with E-state index in [0.29, 0.717) is 0 Å². The number of carbonyl (C=O) groups excluding carboxylic acids is 1. The zero-order valence-corrected chi connectivity index (χ0v) is 15.4. The largest absolute Gasteiger partial charge is 0.505 e. The van der Waals surface area contributed by atoms with Gasteiger partial charge in [-0.3, -0.25) is 9.59 Å². The minimum atomic E-state index is -0.478. The van der Waals surface area contributed by atoms with Crippen molar-refractivity contribution in [3.63, 3.8) is 0 Å². The Morgan fingerprint density at radius 1 is 1.24 bits per heavy atom. The highest BCUT2D eigenvalue weighted by Gasteiger charge is 2.18. The molecule has 6 heteroatoms. The predicted octanol–water partition coefficient (Wildman–Crippen LogP) is 4.45. The normalized spacial score (nSPS) is 10.3. The summed E-state index contributed by atoms with van der Waals surface area (Å²) in [7, 11) is 0. The molecular weight excluding hydrogens is 340 g/mol. The van der Waals surface area contributed by atoms with Gasteiger partial charge in [-0.1, -0.05) is 50.2 Å². The van der Waals surface area contributed by atoms with E-state index in [1.165, 1.54) is 10.2 Å². The molecule has 0 spiro atoms. The van der Waals surface area contributed by atoms with Crippen molar-refractivity contribution < 1.29 is 9.90 Å². The van der Waals surface area contributed by atoms with E-state index < -0.39 is 11.1 Å². The third-order valence-corrected chi connectivity index (χ3v) is 3.66. The zero-order chi connectivity index (χ0) is 18.5. The summed E-state index contributed by atoms with van der Waals surface area (Å²) in [5.74, 6) is -0.153.